The number of aliphatic carboxylic acids is 1. The zero-order valence-corrected chi connectivity index (χ0v) is 12.3. The summed E-state index contributed by atoms with van der Waals surface area (Å²) in [6.07, 6.45) is 0.0834. The van der Waals surface area contributed by atoms with Crippen LogP contribution in [0.2, 0.25) is 0 Å². The number of carbonyl (C=O) groups excluding carboxylic acids is 1. The average Bonchev–Trinajstić information content (AvgIpc) is 2.35. The topological polar surface area (TPSA) is 57.6 Å². The Kier molecular flexibility index (Phi) is 5.81. The SMILES string of the molecule is CC(C)CC(=O)N(CC(C)C(=O)O)c1c(F)cccc1F. The summed E-state index contributed by atoms with van der Waals surface area (Å²) in [4.78, 5) is 24.1. The summed E-state index contributed by atoms with van der Waals surface area (Å²) in [5, 5.41) is 8.95. The Bertz CT molecular complexity index is 511. The lowest BCUT2D eigenvalue weighted by molar-refractivity contribution is -0.140. The second-order valence-electron chi connectivity index (χ2n) is 5.41. The minimum atomic E-state index is -1.13. The van der Waals surface area contributed by atoms with Crippen LogP contribution in [-0.4, -0.2) is 23.5 Å². The number of halogens is 2. The van der Waals surface area contributed by atoms with Crippen LogP contribution in [0.25, 0.3) is 0 Å². The Morgan fingerprint density at radius 3 is 2.14 bits per heavy atom. The molecule has 1 aromatic carbocycles. The van der Waals surface area contributed by atoms with Gasteiger partial charge in [-0.2, -0.15) is 0 Å². The van der Waals surface area contributed by atoms with Crippen molar-refractivity contribution in [1.82, 2.24) is 0 Å². The third-order valence-electron chi connectivity index (χ3n) is 2.97. The number of anilines is 1. The molecule has 4 nitrogen and oxygen atoms in total. The molecule has 0 aliphatic carbocycles. The van der Waals surface area contributed by atoms with Gasteiger partial charge in [-0.1, -0.05) is 26.8 Å². The third-order valence-corrected chi connectivity index (χ3v) is 2.97. The number of hydrogen-bond donors (Lipinski definition) is 1. The lowest BCUT2D eigenvalue weighted by Gasteiger charge is -2.26. The molecule has 116 valence electrons. The summed E-state index contributed by atoms with van der Waals surface area (Å²) in [6, 6.07) is 3.28. The van der Waals surface area contributed by atoms with Crippen molar-refractivity contribution >= 4 is 17.6 Å². The van der Waals surface area contributed by atoms with Gasteiger partial charge in [0.25, 0.3) is 0 Å². The van der Waals surface area contributed by atoms with Crippen LogP contribution in [0.3, 0.4) is 0 Å². The molecular weight excluding hydrogens is 280 g/mol. The van der Waals surface area contributed by atoms with Gasteiger partial charge < -0.3 is 10.0 Å². The number of hydrogen-bond acceptors (Lipinski definition) is 2. The summed E-state index contributed by atoms with van der Waals surface area (Å²) in [5.41, 5.74) is -0.490. The van der Waals surface area contributed by atoms with Gasteiger partial charge in [-0.05, 0) is 18.1 Å². The second kappa shape index (κ2) is 7.15. The van der Waals surface area contributed by atoms with Crippen molar-refractivity contribution in [2.75, 3.05) is 11.4 Å². The molecule has 6 heteroatoms. The van der Waals surface area contributed by atoms with Gasteiger partial charge in [-0.3, -0.25) is 9.59 Å². The predicted octanol–water partition coefficient (Wildman–Crippen LogP) is 3.06. The molecule has 21 heavy (non-hydrogen) atoms. The largest absolute Gasteiger partial charge is 0.481 e. The Morgan fingerprint density at radius 2 is 1.71 bits per heavy atom. The van der Waals surface area contributed by atoms with Crippen molar-refractivity contribution in [1.29, 1.82) is 0 Å². The lowest BCUT2D eigenvalue weighted by Crippen LogP contribution is -2.38. The van der Waals surface area contributed by atoms with Crippen molar-refractivity contribution in [3.8, 4) is 0 Å². The second-order valence-corrected chi connectivity index (χ2v) is 5.41. The summed E-state index contributed by atoms with van der Waals surface area (Å²) in [5.74, 6) is -4.33. The summed E-state index contributed by atoms with van der Waals surface area (Å²) < 4.78 is 27.7. The predicted molar refractivity (Wildman–Crippen MR) is 75.0 cm³/mol. The first-order valence-electron chi connectivity index (χ1n) is 6.71. The number of carbonyl (C=O) groups is 2. The van der Waals surface area contributed by atoms with E-state index in [1.165, 1.54) is 13.0 Å². The number of para-hydroxylation sites is 1. The Labute approximate surface area is 122 Å². The molecule has 1 rings (SSSR count). The third kappa shape index (κ3) is 4.51. The zero-order chi connectivity index (χ0) is 16.2. The molecule has 0 aliphatic rings. The minimum Gasteiger partial charge on any atom is -0.481 e. The van der Waals surface area contributed by atoms with Crippen molar-refractivity contribution in [2.24, 2.45) is 11.8 Å². The maximum Gasteiger partial charge on any atom is 0.308 e. The molecule has 0 heterocycles. The number of carboxylic acids is 1. The first-order chi connectivity index (χ1) is 9.73. The van der Waals surface area contributed by atoms with Crippen LogP contribution in [0, 0.1) is 23.5 Å². The van der Waals surface area contributed by atoms with Crippen molar-refractivity contribution in [3.63, 3.8) is 0 Å². The van der Waals surface area contributed by atoms with Crippen LogP contribution in [0.15, 0.2) is 18.2 Å². The quantitative estimate of drug-likeness (QED) is 0.878. The fourth-order valence-electron chi connectivity index (χ4n) is 1.88. The maximum absolute atomic E-state index is 13.9. The van der Waals surface area contributed by atoms with E-state index in [1.807, 2.05) is 0 Å². The van der Waals surface area contributed by atoms with E-state index in [0.29, 0.717) is 0 Å². The number of nitrogens with zero attached hydrogens (tertiary/aromatic N) is 1. The molecular formula is C15H19F2NO3. The van der Waals surface area contributed by atoms with E-state index in [2.05, 4.69) is 0 Å². The van der Waals surface area contributed by atoms with Gasteiger partial charge in [0.15, 0.2) is 0 Å². The van der Waals surface area contributed by atoms with Gasteiger partial charge >= 0.3 is 5.97 Å². The molecule has 0 spiro atoms. The van der Waals surface area contributed by atoms with Gasteiger partial charge in [-0.15, -0.1) is 0 Å². The summed E-state index contributed by atoms with van der Waals surface area (Å²) >= 11 is 0. The first kappa shape index (κ1) is 17.1. The van der Waals surface area contributed by atoms with E-state index in [4.69, 9.17) is 5.11 Å². The van der Waals surface area contributed by atoms with Crippen LogP contribution in [0.5, 0.6) is 0 Å². The fourth-order valence-corrected chi connectivity index (χ4v) is 1.88. The standard InChI is InChI=1S/C15H19F2NO3/c1-9(2)7-13(19)18(8-10(3)15(20)21)14-11(16)5-4-6-12(14)17/h4-6,9-10H,7-8H2,1-3H3,(H,20,21). The van der Waals surface area contributed by atoms with Crippen LogP contribution >= 0.6 is 0 Å². The highest BCUT2D eigenvalue weighted by Crippen LogP contribution is 2.25. The average molecular weight is 299 g/mol. The maximum atomic E-state index is 13.9. The number of benzene rings is 1. The molecule has 0 bridgehead atoms. The molecule has 1 aromatic rings. The van der Waals surface area contributed by atoms with Crippen molar-refractivity contribution in [2.45, 2.75) is 27.2 Å². The monoisotopic (exact) mass is 299 g/mol. The molecule has 1 N–H and O–H groups in total. The summed E-state index contributed by atoms with van der Waals surface area (Å²) in [6.45, 7) is 4.71. The Balaban J connectivity index is 3.18. The zero-order valence-electron chi connectivity index (χ0n) is 12.3. The van der Waals surface area contributed by atoms with Crippen molar-refractivity contribution in [3.05, 3.63) is 29.8 Å². The van der Waals surface area contributed by atoms with Gasteiger partial charge in [0.05, 0.1) is 5.92 Å². The highest BCUT2D eigenvalue weighted by molar-refractivity contribution is 5.94. The molecule has 1 atom stereocenters. The lowest BCUT2D eigenvalue weighted by atomic mass is 10.1. The van der Waals surface area contributed by atoms with Crippen LogP contribution < -0.4 is 4.90 Å². The van der Waals surface area contributed by atoms with E-state index in [0.717, 1.165) is 17.0 Å². The van der Waals surface area contributed by atoms with Crippen LogP contribution in [-0.2, 0) is 9.59 Å². The molecule has 0 radical (unpaired) electrons. The van der Waals surface area contributed by atoms with Crippen LogP contribution in [0.1, 0.15) is 27.2 Å². The Morgan fingerprint density at radius 1 is 1.19 bits per heavy atom. The normalized spacial score (nSPS) is 12.3. The van der Waals surface area contributed by atoms with E-state index in [-0.39, 0.29) is 18.9 Å². The van der Waals surface area contributed by atoms with Gasteiger partial charge in [0.1, 0.15) is 17.3 Å². The molecule has 0 aliphatic heterocycles. The Hall–Kier alpha value is -1.98. The molecule has 0 saturated heterocycles. The number of rotatable bonds is 6. The molecule has 0 fully saturated rings. The summed E-state index contributed by atoms with van der Waals surface area (Å²) in [7, 11) is 0. The highest BCUT2D eigenvalue weighted by Gasteiger charge is 2.27. The van der Waals surface area contributed by atoms with Gasteiger partial charge in [-0.25, -0.2) is 8.78 Å². The smallest absolute Gasteiger partial charge is 0.308 e. The van der Waals surface area contributed by atoms with Crippen molar-refractivity contribution < 1.29 is 23.5 Å². The van der Waals surface area contributed by atoms with Gasteiger partial charge in [0.2, 0.25) is 5.91 Å². The van der Waals surface area contributed by atoms with E-state index >= 15 is 0 Å². The first-order valence-corrected chi connectivity index (χ1v) is 6.71. The van der Waals surface area contributed by atoms with Gasteiger partial charge in [0, 0.05) is 13.0 Å². The highest BCUT2D eigenvalue weighted by atomic mass is 19.1. The number of amides is 1. The number of carboxylic acid groups (broad SMARTS) is 1. The van der Waals surface area contributed by atoms with E-state index in [1.54, 1.807) is 13.8 Å². The molecule has 1 amide bonds. The molecule has 0 saturated carbocycles. The molecule has 0 aromatic heterocycles. The minimum absolute atomic E-state index is 0.00466. The van der Waals surface area contributed by atoms with E-state index in [9.17, 15) is 18.4 Å². The molecule has 1 unspecified atom stereocenters. The van der Waals surface area contributed by atoms with E-state index < -0.39 is 35.1 Å². The van der Waals surface area contributed by atoms with Crippen LogP contribution in [0.4, 0.5) is 14.5 Å². The fraction of sp³-hybridized carbons (Fsp3) is 0.467.